The molecule has 4 nitrogen and oxygen atoms in total. The van der Waals surface area contributed by atoms with Gasteiger partial charge >= 0.3 is 0 Å². The number of benzene rings is 9. The lowest BCUT2D eigenvalue weighted by Gasteiger charge is -2.13. The maximum absolute atomic E-state index is 6.71. The van der Waals surface area contributed by atoms with Crippen LogP contribution in [0.2, 0.25) is 0 Å². The number of rotatable bonds is 5. The zero-order valence-corrected chi connectivity index (χ0v) is 31.8. The molecule has 0 amide bonds. The molecule has 0 fully saturated rings. The standard InChI is InChI=1S/C55H33N3O/c1-3-13-34(14-4-1)35-23-25-37(26-24-35)49-33-48(36-15-5-2-6-16-36)57-55(58-49)39-28-30-45-50(32-39)56-53(52-46-21-11-12-22-51(46)59-54(45)52)38-27-29-44-42-19-8-7-17-40(42)41-18-9-10-20-43(41)47(44)31-38/h1-33H. The number of fused-ring (bicyclic) bond motifs is 11. The normalized spacial score (nSPS) is 11.7. The topological polar surface area (TPSA) is 51.8 Å². The molecular weight excluding hydrogens is 719 g/mol. The number of aromatic nitrogens is 3. The Bertz CT molecular complexity index is 3560. The van der Waals surface area contributed by atoms with E-state index in [1.165, 1.54) is 37.9 Å². The van der Waals surface area contributed by atoms with Crippen molar-refractivity contribution in [2.75, 3.05) is 0 Å². The van der Waals surface area contributed by atoms with Crippen molar-refractivity contribution in [2.24, 2.45) is 0 Å². The lowest BCUT2D eigenvalue weighted by atomic mass is 9.92. The van der Waals surface area contributed by atoms with Crippen molar-refractivity contribution >= 4 is 65.2 Å². The van der Waals surface area contributed by atoms with Gasteiger partial charge in [-0.1, -0.05) is 170 Å². The second kappa shape index (κ2) is 13.3. The quantitative estimate of drug-likeness (QED) is 0.164. The van der Waals surface area contributed by atoms with Crippen molar-refractivity contribution in [1.29, 1.82) is 0 Å². The summed E-state index contributed by atoms with van der Waals surface area (Å²) in [6, 6.07) is 70.2. The van der Waals surface area contributed by atoms with Crippen molar-refractivity contribution in [3.63, 3.8) is 0 Å². The number of pyridine rings is 1. The van der Waals surface area contributed by atoms with Crippen LogP contribution in [0.3, 0.4) is 0 Å². The summed E-state index contributed by atoms with van der Waals surface area (Å²) in [6.45, 7) is 0. The highest BCUT2D eigenvalue weighted by Crippen LogP contribution is 2.43. The minimum atomic E-state index is 0.632. The average Bonchev–Trinajstić information content (AvgIpc) is 3.72. The van der Waals surface area contributed by atoms with Gasteiger partial charge in [0.1, 0.15) is 11.2 Å². The monoisotopic (exact) mass is 751 g/mol. The third-order valence-corrected chi connectivity index (χ3v) is 11.7. The van der Waals surface area contributed by atoms with E-state index in [-0.39, 0.29) is 0 Å². The zero-order chi connectivity index (χ0) is 38.9. The number of hydrogen-bond acceptors (Lipinski definition) is 4. The lowest BCUT2D eigenvalue weighted by Crippen LogP contribution is -1.96. The van der Waals surface area contributed by atoms with Gasteiger partial charge in [0.15, 0.2) is 5.82 Å². The van der Waals surface area contributed by atoms with Crippen molar-refractivity contribution in [3.8, 4) is 56.3 Å². The Balaban J connectivity index is 1.07. The van der Waals surface area contributed by atoms with Crippen LogP contribution in [0.5, 0.6) is 0 Å². The van der Waals surface area contributed by atoms with Crippen LogP contribution in [-0.2, 0) is 0 Å². The molecule has 3 aromatic heterocycles. The lowest BCUT2D eigenvalue weighted by molar-refractivity contribution is 0.672. The Morgan fingerprint density at radius 1 is 0.305 bits per heavy atom. The van der Waals surface area contributed by atoms with Crippen LogP contribution in [-0.4, -0.2) is 15.0 Å². The van der Waals surface area contributed by atoms with Gasteiger partial charge in [-0.25, -0.2) is 15.0 Å². The first-order chi connectivity index (χ1) is 29.2. The molecular formula is C55H33N3O. The van der Waals surface area contributed by atoms with E-state index in [9.17, 15) is 0 Å². The maximum Gasteiger partial charge on any atom is 0.160 e. The number of hydrogen-bond donors (Lipinski definition) is 0. The SMILES string of the molecule is c1ccc(-c2ccc(-c3cc(-c4ccccc4)nc(-c4ccc5c(c4)nc(-c4ccc6c7ccccc7c7ccccc7c6c4)c4c6ccccc6oc54)n3)cc2)cc1. The Morgan fingerprint density at radius 3 is 1.46 bits per heavy atom. The third kappa shape index (κ3) is 5.49. The van der Waals surface area contributed by atoms with Gasteiger partial charge in [-0.3, -0.25) is 0 Å². The molecule has 0 saturated carbocycles. The van der Waals surface area contributed by atoms with E-state index in [0.29, 0.717) is 5.82 Å². The summed E-state index contributed by atoms with van der Waals surface area (Å²) in [4.78, 5) is 15.9. The molecule has 0 atom stereocenters. The molecule has 59 heavy (non-hydrogen) atoms. The van der Waals surface area contributed by atoms with Crippen LogP contribution in [0, 0.1) is 0 Å². The predicted molar refractivity (Wildman–Crippen MR) is 244 cm³/mol. The maximum atomic E-state index is 6.71. The van der Waals surface area contributed by atoms with Crippen LogP contribution >= 0.6 is 0 Å². The Hall–Kier alpha value is -7.95. The molecule has 0 N–H and O–H groups in total. The fourth-order valence-corrected chi connectivity index (χ4v) is 8.81. The molecule has 12 rings (SSSR count). The highest BCUT2D eigenvalue weighted by Gasteiger charge is 2.20. The molecule has 274 valence electrons. The summed E-state index contributed by atoms with van der Waals surface area (Å²) in [5.41, 5.74) is 11.4. The fourth-order valence-electron chi connectivity index (χ4n) is 8.81. The van der Waals surface area contributed by atoms with E-state index in [4.69, 9.17) is 19.4 Å². The molecule has 0 aliphatic carbocycles. The van der Waals surface area contributed by atoms with Gasteiger partial charge < -0.3 is 4.42 Å². The van der Waals surface area contributed by atoms with Gasteiger partial charge in [-0.2, -0.15) is 0 Å². The minimum absolute atomic E-state index is 0.632. The molecule has 0 saturated heterocycles. The Labute approximate surface area is 339 Å². The first kappa shape index (κ1) is 33.2. The summed E-state index contributed by atoms with van der Waals surface area (Å²) in [6.07, 6.45) is 0. The molecule has 0 spiro atoms. The second-order valence-corrected chi connectivity index (χ2v) is 15.1. The first-order valence-electron chi connectivity index (χ1n) is 19.9. The molecule has 12 aromatic rings. The smallest absolute Gasteiger partial charge is 0.160 e. The number of furan rings is 1. The largest absolute Gasteiger partial charge is 0.455 e. The van der Waals surface area contributed by atoms with Crippen molar-refractivity contribution in [2.45, 2.75) is 0 Å². The molecule has 0 aliphatic heterocycles. The Morgan fingerprint density at radius 2 is 0.780 bits per heavy atom. The van der Waals surface area contributed by atoms with Crippen LogP contribution in [0.4, 0.5) is 0 Å². The van der Waals surface area contributed by atoms with Crippen molar-refractivity contribution in [3.05, 3.63) is 200 Å². The van der Waals surface area contributed by atoms with Gasteiger partial charge in [0, 0.05) is 33.0 Å². The zero-order valence-electron chi connectivity index (χ0n) is 31.8. The summed E-state index contributed by atoms with van der Waals surface area (Å²) >= 11 is 0. The van der Waals surface area contributed by atoms with Crippen LogP contribution < -0.4 is 0 Å². The molecule has 4 heteroatoms. The summed E-state index contributed by atoms with van der Waals surface area (Å²) in [5, 5.41) is 10.4. The van der Waals surface area contributed by atoms with Gasteiger partial charge in [-0.15, -0.1) is 0 Å². The number of para-hydroxylation sites is 1. The van der Waals surface area contributed by atoms with E-state index in [1.807, 2.05) is 36.4 Å². The molecule has 0 bridgehead atoms. The molecule has 3 heterocycles. The van der Waals surface area contributed by atoms with Crippen molar-refractivity contribution in [1.82, 2.24) is 15.0 Å². The molecule has 0 aliphatic rings. The van der Waals surface area contributed by atoms with E-state index >= 15 is 0 Å². The highest BCUT2D eigenvalue weighted by molar-refractivity contribution is 6.26. The van der Waals surface area contributed by atoms with E-state index < -0.39 is 0 Å². The fraction of sp³-hybridized carbons (Fsp3) is 0. The van der Waals surface area contributed by atoms with Crippen molar-refractivity contribution < 1.29 is 4.42 Å². The van der Waals surface area contributed by atoms with Gasteiger partial charge in [0.05, 0.1) is 28.0 Å². The molecule has 0 radical (unpaired) electrons. The van der Waals surface area contributed by atoms with E-state index in [1.54, 1.807) is 0 Å². The molecule has 9 aromatic carbocycles. The van der Waals surface area contributed by atoms with Gasteiger partial charge in [0.2, 0.25) is 0 Å². The summed E-state index contributed by atoms with van der Waals surface area (Å²) in [7, 11) is 0. The average molecular weight is 752 g/mol. The highest BCUT2D eigenvalue weighted by atomic mass is 16.3. The molecule has 0 unspecified atom stereocenters. The van der Waals surface area contributed by atoms with Gasteiger partial charge in [0.25, 0.3) is 0 Å². The Kier molecular flexibility index (Phi) is 7.50. The predicted octanol–water partition coefficient (Wildman–Crippen LogP) is 14.7. The van der Waals surface area contributed by atoms with E-state index in [0.717, 1.165) is 77.7 Å². The van der Waals surface area contributed by atoms with Gasteiger partial charge in [-0.05, 0) is 73.8 Å². The van der Waals surface area contributed by atoms with Crippen LogP contribution in [0.25, 0.3) is 121 Å². The second-order valence-electron chi connectivity index (χ2n) is 15.1. The van der Waals surface area contributed by atoms with Crippen LogP contribution in [0.1, 0.15) is 0 Å². The third-order valence-electron chi connectivity index (χ3n) is 11.7. The number of nitrogens with zero attached hydrogens (tertiary/aromatic N) is 3. The summed E-state index contributed by atoms with van der Waals surface area (Å²) < 4.78 is 6.71. The first-order valence-corrected chi connectivity index (χ1v) is 19.9. The van der Waals surface area contributed by atoms with E-state index in [2.05, 4.69) is 164 Å². The minimum Gasteiger partial charge on any atom is -0.455 e. The van der Waals surface area contributed by atoms with Crippen LogP contribution in [0.15, 0.2) is 205 Å². The summed E-state index contributed by atoms with van der Waals surface area (Å²) in [5.74, 6) is 0.632.